The molecule has 3 nitrogen and oxygen atoms in total. The zero-order valence-electron chi connectivity index (χ0n) is 14.5. The van der Waals surface area contributed by atoms with E-state index in [0.29, 0.717) is 12.1 Å². The fourth-order valence-electron chi connectivity index (χ4n) is 2.69. The molecule has 0 heterocycles. The van der Waals surface area contributed by atoms with Crippen LogP contribution >= 0.6 is 0 Å². The molecule has 0 aliphatic carbocycles. The van der Waals surface area contributed by atoms with Gasteiger partial charge in [-0.1, -0.05) is 67.6 Å². The number of carbonyl (C=O) groups excluding carboxylic acids is 1. The van der Waals surface area contributed by atoms with Gasteiger partial charge in [0.1, 0.15) is 0 Å². The van der Waals surface area contributed by atoms with Gasteiger partial charge in [-0.2, -0.15) is 0 Å². The lowest BCUT2D eigenvalue weighted by Gasteiger charge is -2.19. The third-order valence-electron chi connectivity index (χ3n) is 4.04. The summed E-state index contributed by atoms with van der Waals surface area (Å²) in [5.41, 5.74) is 2.62. The van der Waals surface area contributed by atoms with Gasteiger partial charge in [0, 0.05) is 11.3 Å². The van der Waals surface area contributed by atoms with E-state index in [0.717, 1.165) is 11.1 Å². The van der Waals surface area contributed by atoms with Crippen LogP contribution in [0.3, 0.4) is 0 Å². The van der Waals surface area contributed by atoms with Gasteiger partial charge in [-0.3, -0.25) is 4.79 Å². The fourth-order valence-corrected chi connectivity index (χ4v) is 2.69. The van der Waals surface area contributed by atoms with Gasteiger partial charge in [0.2, 0.25) is 0 Å². The molecule has 0 radical (unpaired) electrons. The predicted molar refractivity (Wildman–Crippen MR) is 102 cm³/mol. The summed E-state index contributed by atoms with van der Waals surface area (Å²) in [6.07, 6.45) is -0.357. The Labute approximate surface area is 152 Å². The Bertz CT molecular complexity index is 880. The molecule has 0 fully saturated rings. The monoisotopic (exact) mass is 349 g/mol. The van der Waals surface area contributed by atoms with Crippen molar-refractivity contribution in [1.29, 1.82) is 0 Å². The zero-order chi connectivity index (χ0) is 18.4. The summed E-state index contributed by atoms with van der Waals surface area (Å²) in [5.74, 6) is -0.714. The van der Waals surface area contributed by atoms with Gasteiger partial charge in [0.25, 0.3) is 5.91 Å². The van der Waals surface area contributed by atoms with Crippen LogP contribution in [0.1, 0.15) is 13.3 Å². The average Bonchev–Trinajstić information content (AvgIpc) is 2.68. The molecule has 0 saturated carbocycles. The van der Waals surface area contributed by atoms with Crippen molar-refractivity contribution in [1.82, 2.24) is 0 Å². The first kappa shape index (κ1) is 17.7. The number of anilines is 1. The molecule has 0 unspecified atom stereocenters. The van der Waals surface area contributed by atoms with Gasteiger partial charge in [-0.05, 0) is 30.2 Å². The number of halogens is 1. The molecular weight excluding hydrogens is 329 g/mol. The van der Waals surface area contributed by atoms with Gasteiger partial charge in [0.15, 0.2) is 17.7 Å². The lowest BCUT2D eigenvalue weighted by molar-refractivity contribution is -0.122. The Morgan fingerprint density at radius 2 is 1.62 bits per heavy atom. The van der Waals surface area contributed by atoms with Gasteiger partial charge < -0.3 is 10.1 Å². The van der Waals surface area contributed by atoms with Crippen LogP contribution in [0.2, 0.25) is 0 Å². The largest absolute Gasteiger partial charge is 0.478 e. The Balaban J connectivity index is 1.80. The fraction of sp³-hybridized carbons (Fsp3) is 0.136. The van der Waals surface area contributed by atoms with Gasteiger partial charge in [-0.25, -0.2) is 4.39 Å². The molecule has 1 atom stereocenters. The zero-order valence-corrected chi connectivity index (χ0v) is 14.5. The van der Waals surface area contributed by atoms with Crippen molar-refractivity contribution in [3.8, 4) is 16.9 Å². The lowest BCUT2D eigenvalue weighted by atomic mass is 10.0. The third-order valence-corrected chi connectivity index (χ3v) is 4.04. The summed E-state index contributed by atoms with van der Waals surface area (Å²) >= 11 is 0. The number of para-hydroxylation sites is 2. The van der Waals surface area contributed by atoms with Crippen molar-refractivity contribution in [2.45, 2.75) is 19.4 Å². The SMILES string of the molecule is CC[C@H](Oc1ccccc1F)C(=O)Nc1ccccc1-c1ccccc1. The number of amides is 1. The quantitative estimate of drug-likeness (QED) is 0.657. The molecule has 0 aliphatic heterocycles. The third kappa shape index (κ3) is 4.09. The van der Waals surface area contributed by atoms with E-state index < -0.39 is 11.9 Å². The molecule has 0 spiro atoms. The summed E-state index contributed by atoms with van der Waals surface area (Å²) in [6, 6.07) is 23.5. The number of ether oxygens (including phenoxy) is 1. The highest BCUT2D eigenvalue weighted by atomic mass is 19.1. The highest BCUT2D eigenvalue weighted by molar-refractivity contribution is 5.98. The van der Waals surface area contributed by atoms with Crippen molar-refractivity contribution in [3.63, 3.8) is 0 Å². The average molecular weight is 349 g/mol. The normalized spacial score (nSPS) is 11.6. The molecule has 1 N–H and O–H groups in total. The van der Waals surface area contributed by atoms with Crippen LogP contribution < -0.4 is 10.1 Å². The summed E-state index contributed by atoms with van der Waals surface area (Å²) in [4.78, 5) is 12.7. The Morgan fingerprint density at radius 1 is 0.962 bits per heavy atom. The van der Waals surface area contributed by atoms with Gasteiger partial charge >= 0.3 is 0 Å². The molecular formula is C22H20FNO2. The van der Waals surface area contributed by atoms with Gasteiger partial charge in [0.05, 0.1) is 0 Å². The first-order valence-corrected chi connectivity index (χ1v) is 8.55. The first-order chi connectivity index (χ1) is 12.7. The molecule has 0 aromatic heterocycles. The number of benzene rings is 3. The van der Waals surface area contributed by atoms with Crippen LogP contribution in [0, 0.1) is 5.82 Å². The Morgan fingerprint density at radius 3 is 2.35 bits per heavy atom. The lowest BCUT2D eigenvalue weighted by Crippen LogP contribution is -2.32. The Kier molecular flexibility index (Phi) is 5.64. The number of nitrogens with one attached hydrogen (secondary N) is 1. The van der Waals surface area contributed by atoms with E-state index in [9.17, 15) is 9.18 Å². The summed E-state index contributed by atoms with van der Waals surface area (Å²) in [7, 11) is 0. The van der Waals surface area contributed by atoms with E-state index in [4.69, 9.17) is 4.74 Å². The molecule has 0 saturated heterocycles. The van der Waals surface area contributed by atoms with E-state index in [1.54, 1.807) is 12.1 Å². The predicted octanol–water partition coefficient (Wildman–Crippen LogP) is 5.29. The highest BCUT2D eigenvalue weighted by Gasteiger charge is 2.21. The molecule has 0 bridgehead atoms. The van der Waals surface area contributed by atoms with E-state index in [2.05, 4.69) is 5.32 Å². The smallest absolute Gasteiger partial charge is 0.265 e. The second kappa shape index (κ2) is 8.30. The second-order valence-electron chi connectivity index (χ2n) is 5.85. The summed E-state index contributed by atoms with van der Waals surface area (Å²) in [5, 5.41) is 2.91. The van der Waals surface area contributed by atoms with E-state index in [1.807, 2.05) is 61.5 Å². The van der Waals surface area contributed by atoms with E-state index >= 15 is 0 Å². The minimum absolute atomic E-state index is 0.0749. The topological polar surface area (TPSA) is 38.3 Å². The first-order valence-electron chi connectivity index (χ1n) is 8.55. The van der Waals surface area contributed by atoms with Crippen LogP contribution in [0.15, 0.2) is 78.9 Å². The van der Waals surface area contributed by atoms with Crippen molar-refractivity contribution < 1.29 is 13.9 Å². The Hall–Kier alpha value is -3.14. The number of hydrogen-bond donors (Lipinski definition) is 1. The molecule has 4 heteroatoms. The van der Waals surface area contributed by atoms with Crippen molar-refractivity contribution in [2.24, 2.45) is 0 Å². The highest BCUT2D eigenvalue weighted by Crippen LogP contribution is 2.28. The van der Waals surface area contributed by atoms with Crippen molar-refractivity contribution in [2.75, 3.05) is 5.32 Å². The van der Waals surface area contributed by atoms with E-state index in [1.165, 1.54) is 12.1 Å². The summed E-state index contributed by atoms with van der Waals surface area (Å²) in [6.45, 7) is 1.83. The maximum absolute atomic E-state index is 13.8. The van der Waals surface area contributed by atoms with Gasteiger partial charge in [-0.15, -0.1) is 0 Å². The van der Waals surface area contributed by atoms with E-state index in [-0.39, 0.29) is 11.7 Å². The molecule has 1 amide bonds. The van der Waals surface area contributed by atoms with Crippen molar-refractivity contribution >= 4 is 11.6 Å². The van der Waals surface area contributed by atoms with Crippen LogP contribution in [0.4, 0.5) is 10.1 Å². The maximum atomic E-state index is 13.8. The molecule has 0 aliphatic rings. The standard InChI is InChI=1S/C22H20FNO2/c1-2-20(26-21-15-9-7-13-18(21)23)22(25)24-19-14-8-6-12-17(19)16-10-4-3-5-11-16/h3-15,20H,2H2,1H3,(H,24,25)/t20-/m0/s1. The minimum Gasteiger partial charge on any atom is -0.478 e. The molecule has 3 rings (SSSR count). The number of rotatable bonds is 6. The van der Waals surface area contributed by atoms with Crippen molar-refractivity contribution in [3.05, 3.63) is 84.7 Å². The molecule has 3 aromatic rings. The number of carbonyl (C=O) groups is 1. The maximum Gasteiger partial charge on any atom is 0.265 e. The summed E-state index contributed by atoms with van der Waals surface area (Å²) < 4.78 is 19.4. The van der Waals surface area contributed by atoms with Crippen LogP contribution in [-0.4, -0.2) is 12.0 Å². The minimum atomic E-state index is -0.782. The van der Waals surface area contributed by atoms with Crippen LogP contribution in [-0.2, 0) is 4.79 Å². The second-order valence-corrected chi connectivity index (χ2v) is 5.85. The van der Waals surface area contributed by atoms with Crippen LogP contribution in [0.5, 0.6) is 5.75 Å². The molecule has 132 valence electrons. The number of hydrogen-bond acceptors (Lipinski definition) is 2. The molecule has 26 heavy (non-hydrogen) atoms. The van der Waals surface area contributed by atoms with Crippen LogP contribution in [0.25, 0.3) is 11.1 Å². The molecule has 3 aromatic carbocycles.